The molecule has 21 heavy (non-hydrogen) atoms. The molecular formula is C16H30N4O. The molecule has 5 nitrogen and oxygen atoms in total. The summed E-state index contributed by atoms with van der Waals surface area (Å²) in [5.41, 5.74) is 0. The summed E-state index contributed by atoms with van der Waals surface area (Å²) in [6, 6.07) is 0.625. The lowest BCUT2D eigenvalue weighted by atomic mass is 10.1. The van der Waals surface area contributed by atoms with Crippen molar-refractivity contribution in [3.8, 4) is 0 Å². The first-order valence-electron chi connectivity index (χ1n) is 8.78. The highest BCUT2D eigenvalue weighted by atomic mass is 16.2. The molecule has 0 bridgehead atoms. The number of piperidine rings is 1. The smallest absolute Gasteiger partial charge is 0.236 e. The van der Waals surface area contributed by atoms with Gasteiger partial charge in [0.05, 0.1) is 6.54 Å². The molecule has 3 rings (SSSR count). The summed E-state index contributed by atoms with van der Waals surface area (Å²) in [5.74, 6) is 0.344. The van der Waals surface area contributed by atoms with Crippen LogP contribution in [0.4, 0.5) is 0 Å². The Bertz CT molecular complexity index is 335. The van der Waals surface area contributed by atoms with Gasteiger partial charge in [-0.15, -0.1) is 0 Å². The molecule has 3 saturated heterocycles. The van der Waals surface area contributed by atoms with Crippen LogP contribution in [0, 0.1) is 0 Å². The molecule has 0 aromatic rings. The average Bonchev–Trinajstić information content (AvgIpc) is 2.88. The maximum absolute atomic E-state index is 12.5. The van der Waals surface area contributed by atoms with E-state index in [1.54, 1.807) is 0 Å². The lowest BCUT2D eigenvalue weighted by molar-refractivity contribution is -0.131. The molecule has 0 aromatic carbocycles. The van der Waals surface area contributed by atoms with Crippen molar-refractivity contribution in [3.05, 3.63) is 0 Å². The highest BCUT2D eigenvalue weighted by Gasteiger charge is 2.31. The van der Waals surface area contributed by atoms with Crippen LogP contribution in [-0.4, -0.2) is 85.6 Å². The van der Waals surface area contributed by atoms with Crippen LogP contribution in [0.25, 0.3) is 0 Å². The number of carbonyl (C=O) groups excluding carboxylic acids is 1. The second-order valence-electron chi connectivity index (χ2n) is 6.76. The van der Waals surface area contributed by atoms with Gasteiger partial charge in [0.1, 0.15) is 0 Å². The van der Waals surface area contributed by atoms with Crippen LogP contribution in [0.5, 0.6) is 0 Å². The molecule has 0 aliphatic carbocycles. The van der Waals surface area contributed by atoms with Gasteiger partial charge < -0.3 is 10.2 Å². The summed E-state index contributed by atoms with van der Waals surface area (Å²) in [7, 11) is 0. The largest absolute Gasteiger partial charge is 0.340 e. The molecule has 5 heteroatoms. The van der Waals surface area contributed by atoms with Crippen LogP contribution in [0.1, 0.15) is 32.1 Å². The van der Waals surface area contributed by atoms with Crippen molar-refractivity contribution in [2.24, 2.45) is 0 Å². The predicted molar refractivity (Wildman–Crippen MR) is 84.3 cm³/mol. The number of amides is 1. The van der Waals surface area contributed by atoms with E-state index in [9.17, 15) is 4.79 Å². The topological polar surface area (TPSA) is 38.8 Å². The maximum Gasteiger partial charge on any atom is 0.236 e. The third-order valence-corrected chi connectivity index (χ3v) is 5.21. The Balaban J connectivity index is 1.45. The van der Waals surface area contributed by atoms with E-state index in [1.165, 1.54) is 38.8 Å². The van der Waals surface area contributed by atoms with Crippen molar-refractivity contribution >= 4 is 5.91 Å². The van der Waals surface area contributed by atoms with Crippen molar-refractivity contribution in [3.63, 3.8) is 0 Å². The standard InChI is InChI=1S/C16H30N4O/c21-16(14-18-8-4-6-17-7-12-18)20-11-5-15(13-20)19-9-2-1-3-10-19/h15,17H,1-14H2. The average molecular weight is 294 g/mol. The van der Waals surface area contributed by atoms with Crippen molar-refractivity contribution in [1.82, 2.24) is 20.0 Å². The van der Waals surface area contributed by atoms with Crippen molar-refractivity contribution in [1.29, 1.82) is 0 Å². The van der Waals surface area contributed by atoms with E-state index >= 15 is 0 Å². The van der Waals surface area contributed by atoms with Crippen molar-refractivity contribution < 1.29 is 4.79 Å². The number of likely N-dealkylation sites (tertiary alicyclic amines) is 2. The van der Waals surface area contributed by atoms with Crippen LogP contribution in [0.2, 0.25) is 0 Å². The molecule has 1 amide bonds. The van der Waals surface area contributed by atoms with Crippen molar-refractivity contribution in [2.45, 2.75) is 38.1 Å². The quantitative estimate of drug-likeness (QED) is 0.816. The van der Waals surface area contributed by atoms with Crippen LogP contribution in [0.15, 0.2) is 0 Å². The van der Waals surface area contributed by atoms with Gasteiger partial charge in [-0.05, 0) is 51.9 Å². The molecule has 1 atom stereocenters. The second kappa shape index (κ2) is 7.56. The first kappa shape index (κ1) is 15.3. The first-order chi connectivity index (χ1) is 10.3. The Morgan fingerprint density at radius 1 is 0.952 bits per heavy atom. The van der Waals surface area contributed by atoms with E-state index in [0.29, 0.717) is 18.5 Å². The van der Waals surface area contributed by atoms with Gasteiger partial charge in [-0.1, -0.05) is 6.42 Å². The zero-order valence-electron chi connectivity index (χ0n) is 13.2. The normalized spacial score (nSPS) is 29.5. The van der Waals surface area contributed by atoms with E-state index in [2.05, 4.69) is 20.0 Å². The van der Waals surface area contributed by atoms with E-state index in [1.807, 2.05) is 0 Å². The Morgan fingerprint density at radius 3 is 2.67 bits per heavy atom. The molecular weight excluding hydrogens is 264 g/mol. The van der Waals surface area contributed by atoms with Gasteiger partial charge in [0.2, 0.25) is 5.91 Å². The molecule has 3 fully saturated rings. The summed E-state index contributed by atoms with van der Waals surface area (Å²) in [6.07, 6.45) is 6.39. The molecule has 3 heterocycles. The number of carbonyl (C=O) groups is 1. The highest BCUT2D eigenvalue weighted by molar-refractivity contribution is 5.78. The Hall–Kier alpha value is -0.650. The number of nitrogens with zero attached hydrogens (tertiary/aromatic N) is 3. The lowest BCUT2D eigenvalue weighted by Crippen LogP contribution is -2.44. The van der Waals surface area contributed by atoms with Crippen LogP contribution in [0.3, 0.4) is 0 Å². The molecule has 1 N–H and O–H groups in total. The molecule has 0 saturated carbocycles. The minimum atomic E-state index is 0.344. The zero-order chi connectivity index (χ0) is 14.5. The SMILES string of the molecule is O=C(CN1CCCNCC1)N1CCC(N2CCCCC2)C1. The van der Waals surface area contributed by atoms with E-state index in [4.69, 9.17) is 0 Å². The fourth-order valence-corrected chi connectivity index (χ4v) is 3.90. The first-order valence-corrected chi connectivity index (χ1v) is 8.78. The molecule has 0 aromatic heterocycles. The Morgan fingerprint density at radius 2 is 1.81 bits per heavy atom. The minimum Gasteiger partial charge on any atom is -0.340 e. The summed E-state index contributed by atoms with van der Waals surface area (Å²) in [6.45, 7) is 9.20. The number of nitrogens with one attached hydrogen (secondary N) is 1. The summed E-state index contributed by atoms with van der Waals surface area (Å²) in [5, 5.41) is 3.40. The van der Waals surface area contributed by atoms with Gasteiger partial charge >= 0.3 is 0 Å². The summed E-state index contributed by atoms with van der Waals surface area (Å²) < 4.78 is 0. The fourth-order valence-electron chi connectivity index (χ4n) is 3.90. The highest BCUT2D eigenvalue weighted by Crippen LogP contribution is 2.20. The molecule has 0 spiro atoms. The number of hydrogen-bond acceptors (Lipinski definition) is 4. The van der Waals surface area contributed by atoms with E-state index < -0.39 is 0 Å². The maximum atomic E-state index is 12.5. The molecule has 1 unspecified atom stereocenters. The monoisotopic (exact) mass is 294 g/mol. The van der Waals surface area contributed by atoms with Gasteiger partial charge in [-0.2, -0.15) is 0 Å². The van der Waals surface area contributed by atoms with Crippen LogP contribution in [-0.2, 0) is 4.79 Å². The second-order valence-corrected chi connectivity index (χ2v) is 6.76. The molecule has 3 aliphatic rings. The fraction of sp³-hybridized carbons (Fsp3) is 0.938. The third kappa shape index (κ3) is 4.18. The molecule has 0 radical (unpaired) electrons. The predicted octanol–water partition coefficient (Wildman–Crippen LogP) is 0.369. The summed E-state index contributed by atoms with van der Waals surface area (Å²) in [4.78, 5) is 19.5. The zero-order valence-corrected chi connectivity index (χ0v) is 13.2. The van der Waals surface area contributed by atoms with Crippen molar-refractivity contribution in [2.75, 3.05) is 58.9 Å². The molecule has 120 valence electrons. The van der Waals surface area contributed by atoms with Gasteiger partial charge in [0.15, 0.2) is 0 Å². The van der Waals surface area contributed by atoms with Crippen LogP contribution < -0.4 is 5.32 Å². The van der Waals surface area contributed by atoms with Gasteiger partial charge in [0, 0.05) is 32.2 Å². The number of rotatable bonds is 3. The Kier molecular flexibility index (Phi) is 5.49. The summed E-state index contributed by atoms with van der Waals surface area (Å²) >= 11 is 0. The number of hydrogen-bond donors (Lipinski definition) is 1. The van der Waals surface area contributed by atoms with Gasteiger partial charge in [-0.25, -0.2) is 0 Å². The molecule has 3 aliphatic heterocycles. The van der Waals surface area contributed by atoms with E-state index in [0.717, 1.165) is 45.7 Å². The van der Waals surface area contributed by atoms with Gasteiger partial charge in [0.25, 0.3) is 0 Å². The Labute approximate surface area is 128 Å². The van der Waals surface area contributed by atoms with Crippen LogP contribution >= 0.6 is 0 Å². The minimum absolute atomic E-state index is 0.344. The third-order valence-electron chi connectivity index (χ3n) is 5.21. The lowest BCUT2D eigenvalue weighted by Gasteiger charge is -2.32. The van der Waals surface area contributed by atoms with E-state index in [-0.39, 0.29) is 0 Å². The van der Waals surface area contributed by atoms with Gasteiger partial charge in [-0.3, -0.25) is 14.6 Å².